The number of hydrogen-bond donors (Lipinski definition) is 0. The minimum absolute atomic E-state index is 0.0870. The fraction of sp³-hybridized carbons (Fsp3) is 0.286. The normalized spacial score (nSPS) is 19.8. The molecule has 0 saturated carbocycles. The van der Waals surface area contributed by atoms with Crippen molar-refractivity contribution in [2.75, 3.05) is 11.4 Å². The van der Waals surface area contributed by atoms with Crippen molar-refractivity contribution in [3.63, 3.8) is 0 Å². The molecule has 0 spiro atoms. The zero-order valence-electron chi connectivity index (χ0n) is 10.1. The van der Waals surface area contributed by atoms with E-state index in [2.05, 4.69) is 4.98 Å². The van der Waals surface area contributed by atoms with Crippen molar-refractivity contribution in [3.8, 4) is 0 Å². The summed E-state index contributed by atoms with van der Waals surface area (Å²) in [4.78, 5) is 18.1. The predicted octanol–water partition coefficient (Wildman–Crippen LogP) is 2.89. The molecule has 3 nitrogen and oxygen atoms in total. The SMILES string of the molecule is Cc1ccc(N2CC(Cl)CC2=O)c2cccnc12. The lowest BCUT2D eigenvalue weighted by molar-refractivity contribution is -0.117. The van der Waals surface area contributed by atoms with Gasteiger partial charge in [0.25, 0.3) is 0 Å². The number of aromatic nitrogens is 1. The van der Waals surface area contributed by atoms with Crippen LogP contribution in [-0.2, 0) is 4.79 Å². The van der Waals surface area contributed by atoms with Gasteiger partial charge in [-0.15, -0.1) is 11.6 Å². The zero-order valence-corrected chi connectivity index (χ0v) is 10.8. The summed E-state index contributed by atoms with van der Waals surface area (Å²) in [5.41, 5.74) is 2.97. The minimum atomic E-state index is -0.0921. The smallest absolute Gasteiger partial charge is 0.228 e. The Bertz CT molecular complexity index is 626. The van der Waals surface area contributed by atoms with Gasteiger partial charge in [0.2, 0.25) is 5.91 Å². The van der Waals surface area contributed by atoms with Crippen molar-refractivity contribution in [1.29, 1.82) is 0 Å². The molecule has 0 N–H and O–H groups in total. The Hall–Kier alpha value is -1.61. The van der Waals surface area contributed by atoms with Crippen molar-refractivity contribution in [2.45, 2.75) is 18.7 Å². The van der Waals surface area contributed by atoms with Gasteiger partial charge in [-0.05, 0) is 30.7 Å². The Morgan fingerprint density at radius 1 is 1.39 bits per heavy atom. The molecular weight excluding hydrogens is 248 g/mol. The Labute approximate surface area is 110 Å². The Balaban J connectivity index is 2.18. The van der Waals surface area contributed by atoms with Crippen molar-refractivity contribution in [3.05, 3.63) is 36.0 Å². The van der Waals surface area contributed by atoms with Crippen LogP contribution in [0.2, 0.25) is 0 Å². The van der Waals surface area contributed by atoms with E-state index in [1.807, 2.05) is 31.2 Å². The van der Waals surface area contributed by atoms with E-state index < -0.39 is 0 Å². The molecule has 2 heterocycles. The first-order valence-electron chi connectivity index (χ1n) is 5.95. The molecule has 92 valence electrons. The van der Waals surface area contributed by atoms with E-state index in [4.69, 9.17) is 11.6 Å². The van der Waals surface area contributed by atoms with Gasteiger partial charge in [-0.1, -0.05) is 6.07 Å². The number of halogens is 1. The number of hydrogen-bond acceptors (Lipinski definition) is 2. The Kier molecular flexibility index (Phi) is 2.71. The molecule has 3 rings (SSSR count). The van der Waals surface area contributed by atoms with Gasteiger partial charge < -0.3 is 4.90 Å². The molecule has 0 aliphatic carbocycles. The molecule has 1 aliphatic heterocycles. The van der Waals surface area contributed by atoms with E-state index in [-0.39, 0.29) is 11.3 Å². The van der Waals surface area contributed by atoms with E-state index in [9.17, 15) is 4.79 Å². The topological polar surface area (TPSA) is 33.2 Å². The highest BCUT2D eigenvalue weighted by Gasteiger charge is 2.30. The molecule has 0 bridgehead atoms. The standard InChI is InChI=1S/C14H13ClN2O/c1-9-4-5-12(11-3-2-6-16-14(9)11)17-8-10(15)7-13(17)18/h2-6,10H,7-8H2,1H3. The van der Waals surface area contributed by atoms with Crippen LogP contribution in [0, 0.1) is 6.92 Å². The van der Waals surface area contributed by atoms with E-state index in [1.54, 1.807) is 11.1 Å². The van der Waals surface area contributed by atoms with Crippen molar-refractivity contribution >= 4 is 34.1 Å². The van der Waals surface area contributed by atoms with Crippen LogP contribution < -0.4 is 4.90 Å². The lowest BCUT2D eigenvalue weighted by Crippen LogP contribution is -2.24. The third-order valence-corrected chi connectivity index (χ3v) is 3.61. The first-order chi connectivity index (χ1) is 8.66. The molecule has 1 fully saturated rings. The number of aryl methyl sites for hydroxylation is 1. The second kappa shape index (κ2) is 4.25. The molecule has 18 heavy (non-hydrogen) atoms. The second-order valence-electron chi connectivity index (χ2n) is 4.61. The summed E-state index contributed by atoms with van der Waals surface area (Å²) < 4.78 is 0. The molecule has 1 aliphatic rings. The summed E-state index contributed by atoms with van der Waals surface area (Å²) in [5.74, 6) is 0.0870. The maximum atomic E-state index is 11.9. The first-order valence-corrected chi connectivity index (χ1v) is 6.39. The number of benzene rings is 1. The summed E-state index contributed by atoms with van der Waals surface area (Å²) in [6.07, 6.45) is 2.19. The molecule has 1 saturated heterocycles. The van der Waals surface area contributed by atoms with Crippen LogP contribution in [0.5, 0.6) is 0 Å². The number of carbonyl (C=O) groups is 1. The molecule has 1 aromatic carbocycles. The lowest BCUT2D eigenvalue weighted by atomic mass is 10.1. The summed E-state index contributed by atoms with van der Waals surface area (Å²) >= 11 is 6.06. The fourth-order valence-corrected chi connectivity index (χ4v) is 2.70. The third-order valence-electron chi connectivity index (χ3n) is 3.32. The number of alkyl halides is 1. The van der Waals surface area contributed by atoms with Crippen molar-refractivity contribution in [2.24, 2.45) is 0 Å². The van der Waals surface area contributed by atoms with Gasteiger partial charge in [0, 0.05) is 24.5 Å². The second-order valence-corrected chi connectivity index (χ2v) is 5.22. The van der Waals surface area contributed by atoms with Gasteiger partial charge in [-0.25, -0.2) is 0 Å². The van der Waals surface area contributed by atoms with Crippen LogP contribution in [0.3, 0.4) is 0 Å². The highest BCUT2D eigenvalue weighted by Crippen LogP contribution is 2.31. The Morgan fingerprint density at radius 2 is 2.22 bits per heavy atom. The van der Waals surface area contributed by atoms with Crippen molar-refractivity contribution < 1.29 is 4.79 Å². The zero-order chi connectivity index (χ0) is 12.7. The monoisotopic (exact) mass is 260 g/mol. The third kappa shape index (κ3) is 1.75. The summed E-state index contributed by atoms with van der Waals surface area (Å²) in [6.45, 7) is 2.60. The number of nitrogens with zero attached hydrogens (tertiary/aromatic N) is 2. The summed E-state index contributed by atoms with van der Waals surface area (Å²) in [6, 6.07) is 7.87. The van der Waals surface area contributed by atoms with Crippen molar-refractivity contribution in [1.82, 2.24) is 4.98 Å². The largest absolute Gasteiger partial charge is 0.310 e. The van der Waals surface area contributed by atoms with Gasteiger partial charge in [0.15, 0.2) is 0 Å². The molecule has 1 atom stereocenters. The summed E-state index contributed by atoms with van der Waals surface area (Å²) in [5, 5.41) is 0.919. The molecule has 2 aromatic rings. The van der Waals surface area contributed by atoms with Gasteiger partial charge in [0.1, 0.15) is 0 Å². The molecule has 1 unspecified atom stereocenters. The Morgan fingerprint density at radius 3 is 2.94 bits per heavy atom. The molecule has 1 amide bonds. The maximum Gasteiger partial charge on any atom is 0.228 e. The predicted molar refractivity (Wildman–Crippen MR) is 73.1 cm³/mol. The van der Waals surface area contributed by atoms with Crippen LogP contribution in [-0.4, -0.2) is 22.8 Å². The summed E-state index contributed by atoms with van der Waals surface area (Å²) in [7, 11) is 0. The average Bonchev–Trinajstić information content (AvgIpc) is 2.69. The van der Waals surface area contributed by atoms with Gasteiger partial charge in [-0.2, -0.15) is 0 Å². The van der Waals surface area contributed by atoms with Gasteiger partial charge >= 0.3 is 0 Å². The number of anilines is 1. The maximum absolute atomic E-state index is 11.9. The van der Waals surface area contributed by atoms with Crippen LogP contribution in [0.15, 0.2) is 30.5 Å². The van der Waals surface area contributed by atoms with Crippen LogP contribution in [0.1, 0.15) is 12.0 Å². The minimum Gasteiger partial charge on any atom is -0.310 e. The number of fused-ring (bicyclic) bond motifs is 1. The van der Waals surface area contributed by atoms with Crippen LogP contribution in [0.4, 0.5) is 5.69 Å². The van der Waals surface area contributed by atoms with Gasteiger partial charge in [0.05, 0.1) is 16.6 Å². The highest BCUT2D eigenvalue weighted by molar-refractivity contribution is 6.24. The fourth-order valence-electron chi connectivity index (χ4n) is 2.43. The number of pyridine rings is 1. The van der Waals surface area contributed by atoms with Crippen LogP contribution >= 0.6 is 11.6 Å². The molecule has 0 radical (unpaired) electrons. The van der Waals surface area contributed by atoms with E-state index in [1.165, 1.54) is 0 Å². The van der Waals surface area contributed by atoms with E-state index in [0.717, 1.165) is 22.2 Å². The number of carbonyl (C=O) groups excluding carboxylic acids is 1. The van der Waals surface area contributed by atoms with E-state index >= 15 is 0 Å². The first kappa shape index (κ1) is 11.5. The molecular formula is C14H13ClN2O. The number of amides is 1. The highest BCUT2D eigenvalue weighted by atomic mass is 35.5. The average molecular weight is 261 g/mol. The quantitative estimate of drug-likeness (QED) is 0.739. The van der Waals surface area contributed by atoms with E-state index in [0.29, 0.717) is 13.0 Å². The van der Waals surface area contributed by atoms with Crippen LogP contribution in [0.25, 0.3) is 10.9 Å². The van der Waals surface area contributed by atoms with Gasteiger partial charge in [-0.3, -0.25) is 9.78 Å². The number of rotatable bonds is 1. The lowest BCUT2D eigenvalue weighted by Gasteiger charge is -2.18. The molecule has 1 aromatic heterocycles. The molecule has 4 heteroatoms.